The van der Waals surface area contributed by atoms with Crippen molar-refractivity contribution in [2.24, 2.45) is 0 Å². The van der Waals surface area contributed by atoms with Crippen LogP contribution in [0.2, 0.25) is 0 Å². The average Bonchev–Trinajstić information content (AvgIpc) is 2.25. The smallest absolute Gasteiger partial charge is 0.417 e. The van der Waals surface area contributed by atoms with Gasteiger partial charge in [-0.3, -0.25) is 9.78 Å². The topological polar surface area (TPSA) is 82.1 Å². The van der Waals surface area contributed by atoms with E-state index in [-0.39, 0.29) is 12.2 Å². The van der Waals surface area contributed by atoms with Crippen molar-refractivity contribution in [3.05, 3.63) is 29.6 Å². The van der Waals surface area contributed by atoms with E-state index in [1.54, 1.807) is 0 Å². The molecule has 0 saturated carbocycles. The zero-order chi connectivity index (χ0) is 13.1. The third-order valence-corrected chi connectivity index (χ3v) is 1.77. The molecule has 0 aliphatic rings. The Morgan fingerprint density at radius 1 is 1.35 bits per heavy atom. The number of pyridine rings is 1. The number of amides is 1. The Bertz CT molecular complexity index is 428. The van der Waals surface area contributed by atoms with Gasteiger partial charge in [-0.25, -0.2) is 0 Å². The largest absolute Gasteiger partial charge is 0.540 e. The summed E-state index contributed by atoms with van der Waals surface area (Å²) in [6, 6.07) is 1.83. The molecule has 1 aromatic heterocycles. The highest BCUT2D eigenvalue weighted by Crippen LogP contribution is 2.28. The molecule has 1 aromatic rings. The van der Waals surface area contributed by atoms with E-state index in [1.165, 1.54) is 0 Å². The van der Waals surface area contributed by atoms with Gasteiger partial charge in [-0.2, -0.15) is 13.2 Å². The number of carbonyl (C=O) groups is 2. The minimum Gasteiger partial charge on any atom is -0.540 e. The van der Waals surface area contributed by atoms with Crippen molar-refractivity contribution in [3.63, 3.8) is 0 Å². The number of aliphatic carboxylic acids is 1. The molecule has 0 aromatic carbocycles. The maximum absolute atomic E-state index is 12.1. The molecule has 0 unspecified atom stereocenters. The van der Waals surface area contributed by atoms with Crippen LogP contribution in [0.5, 0.6) is 0 Å². The van der Waals surface area contributed by atoms with E-state index in [4.69, 9.17) is 0 Å². The molecule has 0 radical (unpaired) electrons. The van der Waals surface area contributed by atoms with Crippen LogP contribution in [0.25, 0.3) is 0 Å². The summed E-state index contributed by atoms with van der Waals surface area (Å²) in [7, 11) is 0. The molecule has 1 N–H and O–H groups in total. The minimum absolute atomic E-state index is 0.104. The van der Waals surface area contributed by atoms with Crippen molar-refractivity contribution in [1.82, 2.24) is 10.3 Å². The fraction of sp³-hybridized carbons (Fsp3) is 0.222. The SMILES string of the molecule is O=C([O-])C(=O)NCc1ccc(C(F)(F)F)cn1. The van der Waals surface area contributed by atoms with Gasteiger partial charge in [-0.05, 0) is 12.1 Å². The van der Waals surface area contributed by atoms with Gasteiger partial charge in [-0.1, -0.05) is 0 Å². The molecule has 5 nitrogen and oxygen atoms in total. The summed E-state index contributed by atoms with van der Waals surface area (Å²) in [5, 5.41) is 11.9. The first-order chi connectivity index (χ1) is 7.80. The van der Waals surface area contributed by atoms with Crippen LogP contribution in [0.3, 0.4) is 0 Å². The summed E-state index contributed by atoms with van der Waals surface area (Å²) in [5.41, 5.74) is -0.819. The normalized spacial score (nSPS) is 11.0. The number of hydrogen-bond donors (Lipinski definition) is 1. The average molecular weight is 247 g/mol. The molecule has 0 spiro atoms. The van der Waals surface area contributed by atoms with Crippen LogP contribution in [0.1, 0.15) is 11.3 Å². The summed E-state index contributed by atoms with van der Waals surface area (Å²) in [6.45, 7) is -0.287. The number of hydrogen-bond acceptors (Lipinski definition) is 4. The number of nitrogens with zero attached hydrogens (tertiary/aromatic N) is 1. The lowest BCUT2D eigenvalue weighted by atomic mass is 10.2. The van der Waals surface area contributed by atoms with E-state index < -0.39 is 23.6 Å². The van der Waals surface area contributed by atoms with Gasteiger partial charge in [0, 0.05) is 6.20 Å². The van der Waals surface area contributed by atoms with E-state index in [9.17, 15) is 27.9 Å². The van der Waals surface area contributed by atoms with Crippen molar-refractivity contribution in [2.45, 2.75) is 12.7 Å². The molecule has 1 amide bonds. The van der Waals surface area contributed by atoms with Gasteiger partial charge < -0.3 is 15.2 Å². The molecule has 0 aliphatic heterocycles. The fourth-order valence-corrected chi connectivity index (χ4v) is 0.940. The third-order valence-electron chi connectivity index (χ3n) is 1.77. The van der Waals surface area contributed by atoms with Crippen molar-refractivity contribution in [3.8, 4) is 0 Å². The van der Waals surface area contributed by atoms with Crippen molar-refractivity contribution >= 4 is 11.9 Å². The van der Waals surface area contributed by atoms with Crippen LogP contribution < -0.4 is 10.4 Å². The molecule has 8 heteroatoms. The monoisotopic (exact) mass is 247 g/mol. The summed E-state index contributed by atoms with van der Waals surface area (Å²) < 4.78 is 36.4. The maximum atomic E-state index is 12.1. The maximum Gasteiger partial charge on any atom is 0.417 e. The molecule has 0 fully saturated rings. The lowest BCUT2D eigenvalue weighted by Gasteiger charge is -2.08. The number of nitrogens with one attached hydrogen (secondary N) is 1. The Labute approximate surface area is 93.3 Å². The van der Waals surface area contributed by atoms with Gasteiger partial charge in [0.15, 0.2) is 0 Å². The molecule has 0 atom stereocenters. The Morgan fingerprint density at radius 2 is 2.00 bits per heavy atom. The lowest BCUT2D eigenvalue weighted by Crippen LogP contribution is -2.40. The number of rotatable bonds is 2. The molecular weight excluding hydrogens is 241 g/mol. The predicted octanol–water partition coefficient (Wildman–Crippen LogP) is -0.534. The Morgan fingerprint density at radius 3 is 2.41 bits per heavy atom. The van der Waals surface area contributed by atoms with Gasteiger partial charge in [0.05, 0.1) is 17.8 Å². The highest BCUT2D eigenvalue weighted by molar-refractivity contribution is 6.30. The van der Waals surface area contributed by atoms with Crippen molar-refractivity contribution in [2.75, 3.05) is 0 Å². The van der Waals surface area contributed by atoms with Crippen LogP contribution in [-0.2, 0) is 22.3 Å². The van der Waals surface area contributed by atoms with E-state index in [1.807, 2.05) is 5.32 Å². The number of aromatic nitrogens is 1. The quantitative estimate of drug-likeness (QED) is 0.712. The fourth-order valence-electron chi connectivity index (χ4n) is 0.940. The highest BCUT2D eigenvalue weighted by Gasteiger charge is 2.30. The first-order valence-electron chi connectivity index (χ1n) is 4.32. The van der Waals surface area contributed by atoms with Crippen LogP contribution in [0.4, 0.5) is 13.2 Å². The number of carboxylic acid groups (broad SMARTS) is 1. The summed E-state index contributed by atoms with van der Waals surface area (Å²) >= 11 is 0. The lowest BCUT2D eigenvalue weighted by molar-refractivity contribution is -0.300. The van der Waals surface area contributed by atoms with Gasteiger partial charge in [0.1, 0.15) is 5.97 Å². The van der Waals surface area contributed by atoms with E-state index in [0.29, 0.717) is 6.20 Å². The Kier molecular flexibility index (Phi) is 3.66. The Balaban J connectivity index is 2.63. The number of carboxylic acids is 1. The molecule has 17 heavy (non-hydrogen) atoms. The van der Waals surface area contributed by atoms with E-state index in [2.05, 4.69) is 4.98 Å². The first kappa shape index (κ1) is 12.9. The van der Waals surface area contributed by atoms with Crippen LogP contribution >= 0.6 is 0 Å². The molecule has 0 saturated heterocycles. The van der Waals surface area contributed by atoms with Crippen molar-refractivity contribution in [1.29, 1.82) is 0 Å². The number of halogens is 3. The Hall–Kier alpha value is -2.12. The molecule has 0 bridgehead atoms. The second-order valence-corrected chi connectivity index (χ2v) is 3.01. The van der Waals surface area contributed by atoms with E-state index in [0.717, 1.165) is 12.1 Å². The molecule has 92 valence electrons. The van der Waals surface area contributed by atoms with Crippen molar-refractivity contribution < 1.29 is 27.9 Å². The van der Waals surface area contributed by atoms with E-state index >= 15 is 0 Å². The van der Waals surface area contributed by atoms with Crippen LogP contribution in [0.15, 0.2) is 18.3 Å². The van der Waals surface area contributed by atoms with Gasteiger partial charge in [0.2, 0.25) is 0 Å². The summed E-state index contributed by atoms with van der Waals surface area (Å²) in [4.78, 5) is 24.0. The number of alkyl halides is 3. The molecular formula is C9H6F3N2O3-. The standard InChI is InChI=1S/C9H7F3N2O3/c10-9(11,12)5-1-2-6(13-3-5)4-14-7(15)8(16)17/h1-3H,4H2,(H,14,15)(H,16,17)/p-1. The van der Waals surface area contributed by atoms with Gasteiger partial charge >= 0.3 is 6.18 Å². The molecule has 1 rings (SSSR count). The van der Waals surface area contributed by atoms with Crippen LogP contribution in [-0.4, -0.2) is 16.9 Å². The second kappa shape index (κ2) is 4.81. The zero-order valence-corrected chi connectivity index (χ0v) is 8.25. The number of carbonyl (C=O) groups excluding carboxylic acids is 2. The highest BCUT2D eigenvalue weighted by atomic mass is 19.4. The molecule has 1 heterocycles. The van der Waals surface area contributed by atoms with Crippen LogP contribution in [0, 0.1) is 0 Å². The summed E-state index contributed by atoms with van der Waals surface area (Å²) in [6.07, 6.45) is -3.89. The minimum atomic E-state index is -4.49. The predicted molar refractivity (Wildman–Crippen MR) is 46.1 cm³/mol. The summed E-state index contributed by atoms with van der Waals surface area (Å²) in [5.74, 6) is -3.27. The first-order valence-corrected chi connectivity index (χ1v) is 4.32. The third kappa shape index (κ3) is 3.74. The van der Waals surface area contributed by atoms with Gasteiger partial charge in [-0.15, -0.1) is 0 Å². The molecule has 0 aliphatic carbocycles. The van der Waals surface area contributed by atoms with Gasteiger partial charge in [0.25, 0.3) is 5.91 Å². The second-order valence-electron chi connectivity index (χ2n) is 3.01. The zero-order valence-electron chi connectivity index (χ0n) is 8.25.